The van der Waals surface area contributed by atoms with Gasteiger partial charge in [-0.25, -0.2) is 0 Å². The van der Waals surface area contributed by atoms with Crippen molar-refractivity contribution in [2.24, 2.45) is 11.3 Å². The Labute approximate surface area is 81.2 Å². The number of hydrogen-bond acceptors (Lipinski definition) is 1. The van der Waals surface area contributed by atoms with E-state index in [0.717, 1.165) is 6.42 Å². The van der Waals surface area contributed by atoms with E-state index in [2.05, 4.69) is 26.8 Å². The molecule has 0 spiro atoms. The maximum Gasteiger partial charge on any atom is 0.0760 e. The van der Waals surface area contributed by atoms with E-state index in [0.29, 0.717) is 5.92 Å². The second-order valence-corrected chi connectivity index (χ2v) is 4.47. The Bertz CT molecular complexity index is 236. The zero-order chi connectivity index (χ0) is 10.1. The largest absolute Gasteiger partial charge is 0.389 e. The molecule has 1 heteroatoms. The molecule has 1 N–H and O–H groups in total. The Kier molecular flexibility index (Phi) is 2.97. The van der Waals surface area contributed by atoms with Crippen molar-refractivity contribution < 1.29 is 5.11 Å². The highest BCUT2D eigenvalue weighted by Gasteiger charge is 2.38. The topological polar surface area (TPSA) is 20.2 Å². The Morgan fingerprint density at radius 3 is 2.62 bits per heavy atom. The minimum atomic E-state index is -0.298. The van der Waals surface area contributed by atoms with Crippen molar-refractivity contribution >= 4 is 0 Å². The molecular weight excluding hydrogens is 160 g/mol. The third-order valence-corrected chi connectivity index (χ3v) is 3.42. The first-order valence-corrected chi connectivity index (χ1v) is 4.98. The third kappa shape index (κ3) is 1.86. The monoisotopic (exact) mass is 180 g/mol. The van der Waals surface area contributed by atoms with Gasteiger partial charge in [-0.15, -0.1) is 0 Å². The predicted octanol–water partition coefficient (Wildman–Crippen LogP) is 2.92. The van der Waals surface area contributed by atoms with Crippen molar-refractivity contribution in [3.8, 4) is 0 Å². The average Bonchev–Trinajstić information content (AvgIpc) is 2.28. The van der Waals surface area contributed by atoms with E-state index in [9.17, 15) is 5.11 Å². The van der Waals surface area contributed by atoms with Crippen LogP contribution in [0.4, 0.5) is 0 Å². The standard InChI is InChI=1S/C12H20O/c1-5-6-11(13)10-8-7-9(2)12(10,3)4/h5-7,10-11,13H,8H2,1-4H3. The zero-order valence-electron chi connectivity index (χ0n) is 9.04. The van der Waals surface area contributed by atoms with E-state index in [1.807, 2.05) is 19.1 Å². The summed E-state index contributed by atoms with van der Waals surface area (Å²) in [5.41, 5.74) is 1.56. The van der Waals surface area contributed by atoms with Crippen molar-refractivity contribution in [3.63, 3.8) is 0 Å². The molecule has 0 fully saturated rings. The van der Waals surface area contributed by atoms with E-state index in [1.54, 1.807) is 0 Å². The molecule has 13 heavy (non-hydrogen) atoms. The van der Waals surface area contributed by atoms with Crippen molar-refractivity contribution in [2.45, 2.75) is 40.2 Å². The Morgan fingerprint density at radius 1 is 1.62 bits per heavy atom. The van der Waals surface area contributed by atoms with Crippen molar-refractivity contribution in [2.75, 3.05) is 0 Å². The maximum atomic E-state index is 9.88. The molecule has 0 aromatic heterocycles. The second-order valence-electron chi connectivity index (χ2n) is 4.47. The molecule has 1 aliphatic rings. The van der Waals surface area contributed by atoms with E-state index in [-0.39, 0.29) is 11.5 Å². The molecule has 0 bridgehead atoms. The number of rotatable bonds is 2. The molecular formula is C12H20O. The molecule has 1 nitrogen and oxygen atoms in total. The van der Waals surface area contributed by atoms with Gasteiger partial charge in [-0.05, 0) is 25.7 Å². The van der Waals surface area contributed by atoms with Crippen LogP contribution >= 0.6 is 0 Å². The minimum Gasteiger partial charge on any atom is -0.389 e. The number of aliphatic hydroxyl groups excluding tert-OH is 1. The number of aliphatic hydroxyl groups is 1. The van der Waals surface area contributed by atoms with Gasteiger partial charge in [0, 0.05) is 5.92 Å². The number of hydrogen-bond donors (Lipinski definition) is 1. The van der Waals surface area contributed by atoms with E-state index in [1.165, 1.54) is 5.57 Å². The van der Waals surface area contributed by atoms with Crippen LogP contribution in [0.5, 0.6) is 0 Å². The van der Waals surface area contributed by atoms with Gasteiger partial charge in [0.15, 0.2) is 0 Å². The lowest BCUT2D eigenvalue weighted by molar-refractivity contribution is 0.0978. The smallest absolute Gasteiger partial charge is 0.0760 e. The third-order valence-electron chi connectivity index (χ3n) is 3.42. The molecule has 74 valence electrons. The van der Waals surface area contributed by atoms with Crippen LogP contribution < -0.4 is 0 Å². The SMILES string of the molecule is CC=CC(O)C1CC=C(C)C1(C)C. The molecule has 0 amide bonds. The lowest BCUT2D eigenvalue weighted by atomic mass is 9.75. The molecule has 0 aromatic rings. The first-order chi connectivity index (χ1) is 6.00. The van der Waals surface area contributed by atoms with Crippen LogP contribution in [0.1, 0.15) is 34.1 Å². The maximum absolute atomic E-state index is 9.88. The van der Waals surface area contributed by atoms with Crippen LogP contribution in [0.25, 0.3) is 0 Å². The Hall–Kier alpha value is -0.560. The van der Waals surface area contributed by atoms with Crippen LogP contribution in [0.2, 0.25) is 0 Å². The summed E-state index contributed by atoms with van der Waals surface area (Å²) in [5, 5.41) is 9.88. The summed E-state index contributed by atoms with van der Waals surface area (Å²) in [6, 6.07) is 0. The van der Waals surface area contributed by atoms with Crippen LogP contribution in [-0.2, 0) is 0 Å². The van der Waals surface area contributed by atoms with Gasteiger partial charge in [-0.1, -0.05) is 37.6 Å². The summed E-state index contributed by atoms with van der Waals surface area (Å²) in [4.78, 5) is 0. The molecule has 0 aliphatic heterocycles. The first-order valence-electron chi connectivity index (χ1n) is 4.98. The van der Waals surface area contributed by atoms with Crippen molar-refractivity contribution in [1.82, 2.24) is 0 Å². The summed E-state index contributed by atoms with van der Waals surface area (Å²) in [7, 11) is 0. The molecule has 1 rings (SSSR count). The van der Waals surface area contributed by atoms with Gasteiger partial charge >= 0.3 is 0 Å². The van der Waals surface area contributed by atoms with Gasteiger partial charge in [0.05, 0.1) is 6.10 Å². The van der Waals surface area contributed by atoms with Crippen LogP contribution in [0.15, 0.2) is 23.8 Å². The zero-order valence-corrected chi connectivity index (χ0v) is 9.04. The Morgan fingerprint density at radius 2 is 2.23 bits per heavy atom. The summed E-state index contributed by atoms with van der Waals surface area (Å²) < 4.78 is 0. The highest BCUT2D eigenvalue weighted by Crippen LogP contribution is 2.44. The van der Waals surface area contributed by atoms with Gasteiger partial charge in [-0.2, -0.15) is 0 Å². The molecule has 0 saturated heterocycles. The summed E-state index contributed by atoms with van der Waals surface area (Å²) in [6.45, 7) is 8.53. The minimum absolute atomic E-state index is 0.152. The van der Waals surface area contributed by atoms with E-state index in [4.69, 9.17) is 0 Å². The van der Waals surface area contributed by atoms with Gasteiger partial charge in [0.1, 0.15) is 0 Å². The molecule has 0 saturated carbocycles. The first kappa shape index (κ1) is 10.5. The van der Waals surface area contributed by atoms with Crippen molar-refractivity contribution in [1.29, 1.82) is 0 Å². The molecule has 0 radical (unpaired) electrons. The fourth-order valence-corrected chi connectivity index (χ4v) is 2.05. The van der Waals surface area contributed by atoms with Gasteiger partial charge in [0.25, 0.3) is 0 Å². The van der Waals surface area contributed by atoms with E-state index < -0.39 is 0 Å². The molecule has 0 heterocycles. The van der Waals surface area contributed by atoms with Gasteiger partial charge in [-0.3, -0.25) is 0 Å². The Balaban J connectivity index is 2.76. The van der Waals surface area contributed by atoms with E-state index >= 15 is 0 Å². The quantitative estimate of drug-likeness (QED) is 0.648. The van der Waals surface area contributed by atoms with Gasteiger partial charge in [0.2, 0.25) is 0 Å². The normalized spacial score (nSPS) is 29.3. The summed E-state index contributed by atoms with van der Waals surface area (Å²) in [5.74, 6) is 0.351. The van der Waals surface area contributed by atoms with Gasteiger partial charge < -0.3 is 5.11 Å². The summed E-state index contributed by atoms with van der Waals surface area (Å²) in [6.07, 6.45) is 6.77. The highest BCUT2D eigenvalue weighted by atomic mass is 16.3. The second kappa shape index (κ2) is 3.67. The van der Waals surface area contributed by atoms with Crippen LogP contribution in [0, 0.1) is 11.3 Å². The fourth-order valence-electron chi connectivity index (χ4n) is 2.05. The lowest BCUT2D eigenvalue weighted by Crippen LogP contribution is -2.30. The summed E-state index contributed by atoms with van der Waals surface area (Å²) >= 11 is 0. The number of allylic oxidation sites excluding steroid dienone is 3. The average molecular weight is 180 g/mol. The molecule has 2 unspecified atom stereocenters. The fraction of sp³-hybridized carbons (Fsp3) is 0.667. The van der Waals surface area contributed by atoms with Crippen molar-refractivity contribution in [3.05, 3.63) is 23.8 Å². The van der Waals surface area contributed by atoms with Crippen LogP contribution in [0.3, 0.4) is 0 Å². The highest BCUT2D eigenvalue weighted by molar-refractivity contribution is 5.20. The molecule has 0 aromatic carbocycles. The van der Waals surface area contributed by atoms with Crippen LogP contribution in [-0.4, -0.2) is 11.2 Å². The lowest BCUT2D eigenvalue weighted by Gasteiger charge is -2.32. The predicted molar refractivity (Wildman–Crippen MR) is 56.5 cm³/mol. The molecule has 2 atom stereocenters. The molecule has 1 aliphatic carbocycles.